The number of hydrogen-bond acceptors (Lipinski definition) is 4. The molecule has 3 rings (SSSR count). The van der Waals surface area contributed by atoms with Crippen molar-refractivity contribution in [2.45, 2.75) is 39.9 Å². The molecule has 2 amide bonds. The fourth-order valence-corrected chi connectivity index (χ4v) is 2.99. The van der Waals surface area contributed by atoms with Gasteiger partial charge in [-0.2, -0.15) is 0 Å². The minimum atomic E-state index is -0.553. The molecule has 2 aromatic rings. The Morgan fingerprint density at radius 2 is 1.89 bits per heavy atom. The smallest absolute Gasteiger partial charge is 0.273 e. The normalized spacial score (nSPS) is 14.2. The molecular formula is C21H26N4O2. The van der Waals surface area contributed by atoms with Gasteiger partial charge in [0, 0.05) is 25.2 Å². The molecule has 1 aliphatic rings. The monoisotopic (exact) mass is 366 g/mol. The summed E-state index contributed by atoms with van der Waals surface area (Å²) >= 11 is 0. The Morgan fingerprint density at radius 1 is 1.15 bits per heavy atom. The zero-order chi connectivity index (χ0) is 19.4. The maximum absolute atomic E-state index is 12.8. The van der Waals surface area contributed by atoms with E-state index < -0.39 is 6.04 Å². The molecule has 6 heteroatoms. The Balaban J connectivity index is 1.63. The molecular weight excluding hydrogens is 340 g/mol. The van der Waals surface area contributed by atoms with Crippen molar-refractivity contribution in [2.75, 3.05) is 11.9 Å². The topological polar surface area (TPSA) is 74.3 Å². The minimum absolute atomic E-state index is 0.168. The summed E-state index contributed by atoms with van der Waals surface area (Å²) in [6, 6.07) is 13.0. The highest BCUT2D eigenvalue weighted by Crippen LogP contribution is 2.25. The summed E-state index contributed by atoms with van der Waals surface area (Å²) in [5, 5.41) is 6.14. The molecule has 0 radical (unpaired) electrons. The third kappa shape index (κ3) is 4.45. The van der Waals surface area contributed by atoms with Gasteiger partial charge in [-0.1, -0.05) is 50.2 Å². The molecule has 27 heavy (non-hydrogen) atoms. The summed E-state index contributed by atoms with van der Waals surface area (Å²) in [7, 11) is 0. The molecule has 0 unspecified atom stereocenters. The van der Waals surface area contributed by atoms with Gasteiger partial charge in [-0.05, 0) is 24.5 Å². The van der Waals surface area contributed by atoms with E-state index in [9.17, 15) is 9.59 Å². The SMILES string of the molecule is CC(C)CNc1ccc2c(n1)C(=O)N([C@H](C)C(=O)NCc1ccccc1)C2. The Kier molecular flexibility index (Phi) is 5.74. The van der Waals surface area contributed by atoms with Gasteiger partial charge in [-0.15, -0.1) is 0 Å². The van der Waals surface area contributed by atoms with E-state index in [-0.39, 0.29) is 11.8 Å². The Morgan fingerprint density at radius 3 is 2.59 bits per heavy atom. The van der Waals surface area contributed by atoms with E-state index in [1.165, 1.54) is 0 Å². The van der Waals surface area contributed by atoms with E-state index in [0.29, 0.717) is 30.5 Å². The molecule has 0 saturated carbocycles. The molecule has 1 aliphatic heterocycles. The number of anilines is 1. The summed E-state index contributed by atoms with van der Waals surface area (Å²) in [4.78, 5) is 31.3. The van der Waals surface area contributed by atoms with Crippen LogP contribution in [0.5, 0.6) is 0 Å². The van der Waals surface area contributed by atoms with Crippen LogP contribution in [0.15, 0.2) is 42.5 Å². The molecule has 2 heterocycles. The number of nitrogens with one attached hydrogen (secondary N) is 2. The summed E-state index contributed by atoms with van der Waals surface area (Å²) in [6.07, 6.45) is 0. The molecule has 0 aliphatic carbocycles. The highest BCUT2D eigenvalue weighted by molar-refractivity contribution is 5.99. The standard InChI is InChI=1S/C21H26N4O2/c1-14(2)11-22-18-10-9-17-13-25(21(27)19(17)24-18)15(3)20(26)23-12-16-7-5-4-6-8-16/h4-10,14-15H,11-13H2,1-3H3,(H,22,24)(H,23,26)/t15-/m1/s1. The number of nitrogens with zero attached hydrogens (tertiary/aromatic N) is 2. The minimum Gasteiger partial charge on any atom is -0.370 e. The molecule has 1 aromatic carbocycles. The van der Waals surface area contributed by atoms with Gasteiger partial charge < -0.3 is 15.5 Å². The van der Waals surface area contributed by atoms with Crippen LogP contribution in [0, 0.1) is 5.92 Å². The molecule has 0 bridgehead atoms. The van der Waals surface area contributed by atoms with E-state index in [2.05, 4.69) is 29.5 Å². The quantitative estimate of drug-likeness (QED) is 0.790. The van der Waals surface area contributed by atoms with E-state index >= 15 is 0 Å². The third-order valence-corrected chi connectivity index (χ3v) is 4.63. The lowest BCUT2D eigenvalue weighted by molar-refractivity contribution is -0.125. The first kappa shape index (κ1) is 18.9. The number of carbonyl (C=O) groups is 2. The number of pyridine rings is 1. The number of carbonyl (C=O) groups excluding carboxylic acids is 2. The number of aromatic nitrogens is 1. The lowest BCUT2D eigenvalue weighted by atomic mass is 10.2. The van der Waals surface area contributed by atoms with Gasteiger partial charge in [0.25, 0.3) is 5.91 Å². The lowest BCUT2D eigenvalue weighted by Crippen LogP contribution is -2.45. The second-order valence-corrected chi connectivity index (χ2v) is 7.29. The first-order valence-corrected chi connectivity index (χ1v) is 9.32. The fraction of sp³-hybridized carbons (Fsp3) is 0.381. The molecule has 1 aromatic heterocycles. The molecule has 0 saturated heterocycles. The number of rotatable bonds is 7. The second kappa shape index (κ2) is 8.20. The van der Waals surface area contributed by atoms with Crippen molar-refractivity contribution in [3.05, 3.63) is 59.3 Å². The van der Waals surface area contributed by atoms with Crippen LogP contribution in [0.4, 0.5) is 5.82 Å². The lowest BCUT2D eigenvalue weighted by Gasteiger charge is -2.23. The van der Waals surface area contributed by atoms with Crippen LogP contribution in [0.3, 0.4) is 0 Å². The molecule has 1 atom stereocenters. The van der Waals surface area contributed by atoms with E-state index in [1.807, 2.05) is 42.5 Å². The van der Waals surface area contributed by atoms with E-state index in [4.69, 9.17) is 0 Å². The van der Waals surface area contributed by atoms with Gasteiger partial charge in [-0.3, -0.25) is 9.59 Å². The third-order valence-electron chi connectivity index (χ3n) is 4.63. The second-order valence-electron chi connectivity index (χ2n) is 7.29. The van der Waals surface area contributed by atoms with Gasteiger partial charge >= 0.3 is 0 Å². The first-order valence-electron chi connectivity index (χ1n) is 9.32. The van der Waals surface area contributed by atoms with Gasteiger partial charge in [0.15, 0.2) is 0 Å². The van der Waals surface area contributed by atoms with E-state index in [1.54, 1.807) is 11.8 Å². The Labute approximate surface area is 160 Å². The summed E-state index contributed by atoms with van der Waals surface area (Å²) in [5.41, 5.74) is 2.32. The van der Waals surface area contributed by atoms with Crippen molar-refractivity contribution < 1.29 is 9.59 Å². The largest absolute Gasteiger partial charge is 0.370 e. The molecule has 2 N–H and O–H groups in total. The average Bonchev–Trinajstić information content (AvgIpc) is 3.01. The maximum Gasteiger partial charge on any atom is 0.273 e. The number of fused-ring (bicyclic) bond motifs is 1. The summed E-state index contributed by atoms with van der Waals surface area (Å²) in [5.74, 6) is 0.818. The summed E-state index contributed by atoms with van der Waals surface area (Å²) < 4.78 is 0. The fourth-order valence-electron chi connectivity index (χ4n) is 2.99. The zero-order valence-electron chi connectivity index (χ0n) is 16.0. The average molecular weight is 366 g/mol. The van der Waals surface area contributed by atoms with Crippen molar-refractivity contribution in [2.24, 2.45) is 5.92 Å². The zero-order valence-corrected chi connectivity index (χ0v) is 16.0. The van der Waals surface area contributed by atoms with Crippen LogP contribution < -0.4 is 10.6 Å². The number of benzene rings is 1. The highest BCUT2D eigenvalue weighted by atomic mass is 16.2. The van der Waals surface area contributed by atoms with Gasteiger partial charge in [0.1, 0.15) is 17.6 Å². The van der Waals surface area contributed by atoms with Crippen molar-refractivity contribution in [1.29, 1.82) is 0 Å². The predicted octanol–water partition coefficient (Wildman–Crippen LogP) is 2.81. The van der Waals surface area contributed by atoms with Crippen molar-refractivity contribution in [3.63, 3.8) is 0 Å². The van der Waals surface area contributed by atoms with Crippen LogP contribution in [-0.4, -0.2) is 34.3 Å². The van der Waals surface area contributed by atoms with Gasteiger partial charge in [-0.25, -0.2) is 4.98 Å². The Bertz CT molecular complexity index is 820. The van der Waals surface area contributed by atoms with Crippen LogP contribution in [0.2, 0.25) is 0 Å². The van der Waals surface area contributed by atoms with Crippen LogP contribution in [-0.2, 0) is 17.9 Å². The number of amides is 2. The maximum atomic E-state index is 12.8. The van der Waals surface area contributed by atoms with Crippen LogP contribution >= 0.6 is 0 Å². The van der Waals surface area contributed by atoms with Crippen molar-refractivity contribution in [3.8, 4) is 0 Å². The van der Waals surface area contributed by atoms with Crippen molar-refractivity contribution >= 4 is 17.6 Å². The van der Waals surface area contributed by atoms with Crippen LogP contribution in [0.25, 0.3) is 0 Å². The first-order chi connectivity index (χ1) is 13.0. The molecule has 0 fully saturated rings. The van der Waals surface area contributed by atoms with Crippen molar-refractivity contribution in [1.82, 2.24) is 15.2 Å². The Hall–Kier alpha value is -2.89. The van der Waals surface area contributed by atoms with Gasteiger partial charge in [0.05, 0.1) is 0 Å². The summed E-state index contributed by atoms with van der Waals surface area (Å²) in [6.45, 7) is 7.63. The molecule has 0 spiro atoms. The van der Waals surface area contributed by atoms with E-state index in [0.717, 1.165) is 17.7 Å². The highest BCUT2D eigenvalue weighted by Gasteiger charge is 2.35. The molecule has 6 nitrogen and oxygen atoms in total. The van der Waals surface area contributed by atoms with Gasteiger partial charge in [0.2, 0.25) is 5.91 Å². The predicted molar refractivity (Wildman–Crippen MR) is 105 cm³/mol. The molecule has 142 valence electrons. The number of hydrogen-bond donors (Lipinski definition) is 2. The van der Waals surface area contributed by atoms with Crippen LogP contribution in [0.1, 0.15) is 42.4 Å².